The number of carbonyl (C=O) groups excluding carboxylic acids is 1. The normalized spacial score (nSPS) is 26.2. The molecule has 3 fully saturated rings. The maximum Gasteiger partial charge on any atom is 0.573 e. The Kier molecular flexibility index (Phi) is 5.36. The molecule has 6 rings (SSSR count). The lowest BCUT2D eigenvalue weighted by Crippen LogP contribution is -2.52. The molecule has 4 heterocycles. The van der Waals surface area contributed by atoms with Gasteiger partial charge in [0.1, 0.15) is 24.2 Å². The number of benzene rings is 2. The second-order valence-corrected chi connectivity index (χ2v) is 8.42. The zero-order chi connectivity index (χ0) is 22.3. The van der Waals surface area contributed by atoms with Crippen LogP contribution in [0.15, 0.2) is 42.5 Å². The second-order valence-electron chi connectivity index (χ2n) is 8.42. The molecule has 6 nitrogen and oxygen atoms in total. The largest absolute Gasteiger partial charge is 0.573 e. The summed E-state index contributed by atoms with van der Waals surface area (Å²) in [7, 11) is 0. The van der Waals surface area contributed by atoms with Crippen LogP contribution in [0.5, 0.6) is 11.5 Å². The zero-order valence-electron chi connectivity index (χ0n) is 17.2. The summed E-state index contributed by atoms with van der Waals surface area (Å²) in [6, 6.07) is 10.8. The van der Waals surface area contributed by atoms with Gasteiger partial charge in [0.25, 0.3) is 0 Å². The van der Waals surface area contributed by atoms with Gasteiger partial charge >= 0.3 is 12.5 Å². The number of alkyl halides is 3. The third-order valence-corrected chi connectivity index (χ3v) is 6.34. The first kappa shape index (κ1) is 20.9. The lowest BCUT2D eigenvalue weighted by Gasteiger charge is -2.43. The summed E-state index contributed by atoms with van der Waals surface area (Å²) in [6.07, 6.45) is -3.16. The van der Waals surface area contributed by atoms with E-state index >= 15 is 0 Å². The van der Waals surface area contributed by atoms with E-state index in [1.807, 2.05) is 6.07 Å². The lowest BCUT2D eigenvalue weighted by molar-refractivity contribution is -0.274. The van der Waals surface area contributed by atoms with Gasteiger partial charge in [-0.15, -0.1) is 13.2 Å². The molecule has 170 valence electrons. The molecule has 3 saturated heterocycles. The van der Waals surface area contributed by atoms with Gasteiger partial charge in [-0.1, -0.05) is 24.3 Å². The standard InChI is InChI=1S/C23H23F3N2O4/c24-23(25,26)32-17-3-1-2-15(10-17)16-4-5-18-19(13-30-20(18)11-16)27-22(29)31-21-12-28-8-6-14(21)7-9-28/h1-5,10-11,14,19,21H,6-9,12-13H2,(H,27,29)/t19?,21-/m1/s1. The number of nitrogens with one attached hydrogen (secondary N) is 1. The molecule has 0 spiro atoms. The number of hydrogen-bond acceptors (Lipinski definition) is 5. The van der Waals surface area contributed by atoms with E-state index in [0.29, 0.717) is 22.8 Å². The van der Waals surface area contributed by atoms with Crippen molar-refractivity contribution in [2.45, 2.75) is 31.3 Å². The monoisotopic (exact) mass is 448 g/mol. The first-order chi connectivity index (χ1) is 15.3. The van der Waals surface area contributed by atoms with E-state index in [4.69, 9.17) is 9.47 Å². The van der Waals surface area contributed by atoms with Crippen molar-refractivity contribution in [2.24, 2.45) is 5.92 Å². The fourth-order valence-corrected chi connectivity index (χ4v) is 4.74. The van der Waals surface area contributed by atoms with Crippen LogP contribution in [0, 0.1) is 5.92 Å². The number of rotatable bonds is 4. The number of ether oxygens (including phenoxy) is 3. The fraction of sp³-hybridized carbons (Fsp3) is 0.435. The highest BCUT2D eigenvalue weighted by atomic mass is 19.4. The molecule has 1 amide bonds. The zero-order valence-corrected chi connectivity index (χ0v) is 17.2. The quantitative estimate of drug-likeness (QED) is 0.746. The summed E-state index contributed by atoms with van der Waals surface area (Å²) in [5.41, 5.74) is 2.06. The van der Waals surface area contributed by atoms with Crippen molar-refractivity contribution in [2.75, 3.05) is 26.2 Å². The minimum atomic E-state index is -4.75. The number of piperidine rings is 3. The molecule has 0 saturated carbocycles. The molecule has 0 aliphatic carbocycles. The average Bonchev–Trinajstić information content (AvgIpc) is 3.15. The molecule has 1 N–H and O–H groups in total. The molecule has 9 heteroatoms. The van der Waals surface area contributed by atoms with Gasteiger partial charge in [-0.05, 0) is 61.2 Å². The molecule has 2 bridgehead atoms. The van der Waals surface area contributed by atoms with Crippen molar-refractivity contribution in [1.82, 2.24) is 10.2 Å². The number of nitrogens with zero attached hydrogens (tertiary/aromatic N) is 1. The number of hydrogen-bond donors (Lipinski definition) is 1. The van der Waals surface area contributed by atoms with Crippen LogP contribution in [0.2, 0.25) is 0 Å². The Balaban J connectivity index is 1.25. The maximum atomic E-state index is 12.5. The van der Waals surface area contributed by atoms with Crippen molar-refractivity contribution < 1.29 is 32.2 Å². The Morgan fingerprint density at radius 2 is 1.88 bits per heavy atom. The highest BCUT2D eigenvalue weighted by molar-refractivity contribution is 5.71. The van der Waals surface area contributed by atoms with Gasteiger partial charge in [0.15, 0.2) is 0 Å². The van der Waals surface area contributed by atoms with Crippen LogP contribution in [0.1, 0.15) is 24.4 Å². The Hall–Kier alpha value is -2.94. The minimum absolute atomic E-state index is 0.0761. The van der Waals surface area contributed by atoms with Crippen LogP contribution in [0.4, 0.5) is 18.0 Å². The Morgan fingerprint density at radius 3 is 2.59 bits per heavy atom. The van der Waals surface area contributed by atoms with Gasteiger partial charge in [0.05, 0.1) is 6.04 Å². The highest BCUT2D eigenvalue weighted by Crippen LogP contribution is 2.37. The van der Waals surface area contributed by atoms with Crippen LogP contribution in [0.25, 0.3) is 11.1 Å². The van der Waals surface area contributed by atoms with Crippen molar-refractivity contribution >= 4 is 6.09 Å². The van der Waals surface area contributed by atoms with Crippen molar-refractivity contribution in [3.8, 4) is 22.6 Å². The van der Waals surface area contributed by atoms with Gasteiger partial charge in [-0.2, -0.15) is 0 Å². The van der Waals surface area contributed by atoms with E-state index < -0.39 is 12.5 Å². The van der Waals surface area contributed by atoms with Gasteiger partial charge < -0.3 is 19.5 Å². The number of alkyl carbamates (subject to hydrolysis) is 1. The van der Waals surface area contributed by atoms with Crippen LogP contribution in [-0.4, -0.2) is 49.7 Å². The van der Waals surface area contributed by atoms with Crippen molar-refractivity contribution in [3.05, 3.63) is 48.0 Å². The van der Waals surface area contributed by atoms with Crippen molar-refractivity contribution in [1.29, 1.82) is 0 Å². The van der Waals surface area contributed by atoms with E-state index in [-0.39, 0.29) is 24.5 Å². The van der Waals surface area contributed by atoms with Crippen LogP contribution in [-0.2, 0) is 4.74 Å². The molecule has 32 heavy (non-hydrogen) atoms. The average molecular weight is 448 g/mol. The van der Waals surface area contributed by atoms with Crippen LogP contribution < -0.4 is 14.8 Å². The van der Waals surface area contributed by atoms with Crippen LogP contribution in [0.3, 0.4) is 0 Å². The fourth-order valence-electron chi connectivity index (χ4n) is 4.74. The summed E-state index contributed by atoms with van der Waals surface area (Å²) in [5, 5.41) is 2.89. The Labute approximate surface area is 183 Å². The number of fused-ring (bicyclic) bond motifs is 4. The van der Waals surface area contributed by atoms with E-state index in [2.05, 4.69) is 15.0 Å². The van der Waals surface area contributed by atoms with Gasteiger partial charge in [-0.25, -0.2) is 4.79 Å². The highest BCUT2D eigenvalue weighted by Gasteiger charge is 2.37. The molecule has 4 aliphatic rings. The third-order valence-electron chi connectivity index (χ3n) is 6.34. The second kappa shape index (κ2) is 8.20. The Bertz CT molecular complexity index is 1000. The summed E-state index contributed by atoms with van der Waals surface area (Å²) in [5.74, 6) is 0.724. The molecule has 2 aromatic rings. The summed E-state index contributed by atoms with van der Waals surface area (Å²) in [4.78, 5) is 14.8. The number of amides is 1. The molecular weight excluding hydrogens is 425 g/mol. The molecule has 0 radical (unpaired) electrons. The molecular formula is C23H23F3N2O4. The van der Waals surface area contributed by atoms with Gasteiger partial charge in [-0.3, -0.25) is 4.90 Å². The van der Waals surface area contributed by atoms with E-state index in [9.17, 15) is 18.0 Å². The molecule has 0 aromatic heterocycles. The SMILES string of the molecule is O=C(NC1COc2cc(-c3cccc(OC(F)(F)F)c3)ccc21)O[C@@H]1CN2CCC1CC2. The van der Waals surface area contributed by atoms with Gasteiger partial charge in [0.2, 0.25) is 0 Å². The predicted octanol–water partition coefficient (Wildman–Crippen LogP) is 4.51. The first-order valence-corrected chi connectivity index (χ1v) is 10.7. The lowest BCUT2D eigenvalue weighted by atomic mass is 9.86. The molecule has 2 aromatic carbocycles. The molecule has 1 unspecified atom stereocenters. The molecule has 2 atom stereocenters. The van der Waals surface area contributed by atoms with E-state index in [0.717, 1.165) is 38.0 Å². The van der Waals surface area contributed by atoms with E-state index in [1.165, 1.54) is 18.2 Å². The number of carbonyl (C=O) groups is 1. The number of halogens is 3. The van der Waals surface area contributed by atoms with Crippen LogP contribution >= 0.6 is 0 Å². The Morgan fingerprint density at radius 1 is 1.09 bits per heavy atom. The molecule has 4 aliphatic heterocycles. The van der Waals surface area contributed by atoms with Gasteiger partial charge in [0, 0.05) is 12.1 Å². The topological polar surface area (TPSA) is 60.0 Å². The third kappa shape index (κ3) is 4.48. The van der Waals surface area contributed by atoms with E-state index in [1.54, 1.807) is 18.2 Å². The summed E-state index contributed by atoms with van der Waals surface area (Å²) < 4.78 is 52.9. The first-order valence-electron chi connectivity index (χ1n) is 10.7. The summed E-state index contributed by atoms with van der Waals surface area (Å²) >= 11 is 0. The smallest absolute Gasteiger partial charge is 0.491 e. The summed E-state index contributed by atoms with van der Waals surface area (Å²) in [6.45, 7) is 3.20. The maximum absolute atomic E-state index is 12.5. The predicted molar refractivity (Wildman–Crippen MR) is 109 cm³/mol. The van der Waals surface area contributed by atoms with Crippen molar-refractivity contribution in [3.63, 3.8) is 0 Å². The minimum Gasteiger partial charge on any atom is -0.491 e.